The lowest BCUT2D eigenvalue weighted by Crippen LogP contribution is -2.47. The molecule has 1 aliphatic rings. The Labute approximate surface area is 139 Å². The summed E-state index contributed by atoms with van der Waals surface area (Å²) in [5.41, 5.74) is 1.48. The number of anilines is 1. The second kappa shape index (κ2) is 6.41. The zero-order valence-electron chi connectivity index (χ0n) is 11.8. The van der Waals surface area contributed by atoms with Crippen LogP contribution < -0.4 is 10.2 Å². The summed E-state index contributed by atoms with van der Waals surface area (Å²) in [4.78, 5) is 4.87. The van der Waals surface area contributed by atoms with Crippen molar-refractivity contribution in [3.8, 4) is 0 Å². The molecule has 6 heteroatoms. The molecule has 2 atom stereocenters. The van der Waals surface area contributed by atoms with Gasteiger partial charge >= 0.3 is 0 Å². The van der Waals surface area contributed by atoms with Crippen molar-refractivity contribution in [3.05, 3.63) is 60.2 Å². The predicted octanol–water partition coefficient (Wildman–Crippen LogP) is 3.72. The molecular formula is C16H16Cl2FN3. The van der Waals surface area contributed by atoms with E-state index >= 15 is 0 Å². The van der Waals surface area contributed by atoms with Gasteiger partial charge in [0.25, 0.3) is 0 Å². The summed E-state index contributed by atoms with van der Waals surface area (Å²) < 4.78 is 12.9. The van der Waals surface area contributed by atoms with Gasteiger partial charge in [0.2, 0.25) is 5.95 Å². The van der Waals surface area contributed by atoms with Gasteiger partial charge < -0.3 is 4.90 Å². The first-order valence-electron chi connectivity index (χ1n) is 7.09. The maximum Gasteiger partial charge on any atom is 0.212 e. The van der Waals surface area contributed by atoms with Crippen molar-refractivity contribution in [3.63, 3.8) is 0 Å². The van der Waals surface area contributed by atoms with E-state index < -0.39 is 16.4 Å². The molecule has 22 heavy (non-hydrogen) atoms. The summed E-state index contributed by atoms with van der Waals surface area (Å²) in [5, 5.41) is 3.33. The van der Waals surface area contributed by atoms with Crippen LogP contribution in [0, 0.1) is 5.95 Å². The quantitative estimate of drug-likeness (QED) is 0.522. The van der Waals surface area contributed by atoms with E-state index in [1.165, 1.54) is 12.3 Å². The number of rotatable bonds is 4. The Hall–Kier alpha value is -1.36. The van der Waals surface area contributed by atoms with E-state index in [9.17, 15) is 4.39 Å². The van der Waals surface area contributed by atoms with E-state index in [1.54, 1.807) is 6.07 Å². The van der Waals surface area contributed by atoms with E-state index in [-0.39, 0.29) is 0 Å². The number of halogens is 3. The monoisotopic (exact) mass is 339 g/mol. The SMILES string of the molecule is Fc1ccc(N2CC[C@@](Cl)(NCc3ccccc3)C2Cl)cn1. The summed E-state index contributed by atoms with van der Waals surface area (Å²) in [5.74, 6) is -0.506. The average Bonchev–Trinajstić information content (AvgIpc) is 2.84. The second-order valence-electron chi connectivity index (χ2n) is 5.32. The molecule has 1 aromatic heterocycles. The van der Waals surface area contributed by atoms with Crippen molar-refractivity contribution in [1.29, 1.82) is 0 Å². The van der Waals surface area contributed by atoms with Crippen molar-refractivity contribution in [2.45, 2.75) is 23.5 Å². The molecule has 0 radical (unpaired) electrons. The lowest BCUT2D eigenvalue weighted by molar-refractivity contribution is 0.472. The number of benzene rings is 1. The third kappa shape index (κ3) is 3.19. The molecule has 116 valence electrons. The Morgan fingerprint density at radius 3 is 2.73 bits per heavy atom. The van der Waals surface area contributed by atoms with Gasteiger partial charge in [0.15, 0.2) is 0 Å². The summed E-state index contributed by atoms with van der Waals surface area (Å²) in [6.07, 6.45) is 2.16. The molecule has 3 nitrogen and oxygen atoms in total. The fourth-order valence-corrected chi connectivity index (χ4v) is 3.24. The molecule has 1 unspecified atom stereocenters. The van der Waals surface area contributed by atoms with Crippen LogP contribution in [-0.2, 0) is 6.54 Å². The largest absolute Gasteiger partial charge is 0.351 e. The highest BCUT2D eigenvalue weighted by Gasteiger charge is 2.45. The number of alkyl halides is 2. The molecule has 1 aliphatic heterocycles. The van der Waals surface area contributed by atoms with Gasteiger partial charge in [-0.1, -0.05) is 53.5 Å². The Bertz CT molecular complexity index is 623. The number of hydrogen-bond donors (Lipinski definition) is 1. The van der Waals surface area contributed by atoms with Crippen LogP contribution in [0.5, 0.6) is 0 Å². The van der Waals surface area contributed by atoms with Gasteiger partial charge in [-0.2, -0.15) is 4.39 Å². The van der Waals surface area contributed by atoms with Crippen LogP contribution in [0.15, 0.2) is 48.7 Å². The first-order chi connectivity index (χ1) is 10.6. The third-order valence-corrected chi connectivity index (χ3v) is 5.09. The summed E-state index contributed by atoms with van der Waals surface area (Å²) >= 11 is 13.2. The molecule has 0 aliphatic carbocycles. The zero-order valence-corrected chi connectivity index (χ0v) is 13.4. The van der Waals surface area contributed by atoms with Crippen LogP contribution in [0.1, 0.15) is 12.0 Å². The Balaban J connectivity index is 1.69. The minimum absolute atomic E-state index is 0.440. The predicted molar refractivity (Wildman–Crippen MR) is 87.7 cm³/mol. The van der Waals surface area contributed by atoms with E-state index in [1.807, 2.05) is 35.2 Å². The normalized spacial score (nSPS) is 24.7. The Morgan fingerprint density at radius 2 is 2.05 bits per heavy atom. The van der Waals surface area contributed by atoms with Gasteiger partial charge in [-0.05, 0) is 17.7 Å². The minimum atomic E-state index is -0.730. The smallest absolute Gasteiger partial charge is 0.212 e. The van der Waals surface area contributed by atoms with Crippen molar-refractivity contribution in [2.24, 2.45) is 0 Å². The summed E-state index contributed by atoms with van der Waals surface area (Å²) in [6.45, 7) is 1.33. The highest BCUT2D eigenvalue weighted by molar-refractivity contribution is 6.33. The first-order valence-corrected chi connectivity index (χ1v) is 7.90. The number of hydrogen-bond acceptors (Lipinski definition) is 3. The Kier molecular flexibility index (Phi) is 4.52. The molecular weight excluding hydrogens is 324 g/mol. The van der Waals surface area contributed by atoms with Gasteiger partial charge in [0.1, 0.15) is 10.5 Å². The average molecular weight is 340 g/mol. The van der Waals surface area contributed by atoms with Crippen LogP contribution in [0.25, 0.3) is 0 Å². The fourth-order valence-electron chi connectivity index (χ4n) is 2.58. The lowest BCUT2D eigenvalue weighted by Gasteiger charge is -2.30. The highest BCUT2D eigenvalue weighted by atomic mass is 35.5. The molecule has 0 spiro atoms. The zero-order chi connectivity index (χ0) is 15.6. The van der Waals surface area contributed by atoms with Crippen LogP contribution in [0.3, 0.4) is 0 Å². The number of nitrogens with zero attached hydrogens (tertiary/aromatic N) is 2. The molecule has 0 saturated carbocycles. The maximum atomic E-state index is 12.9. The molecule has 1 N–H and O–H groups in total. The molecule has 1 aromatic carbocycles. The standard InChI is InChI=1S/C16H16Cl2FN3/c17-15-16(18,21-10-12-4-2-1-3-5-12)8-9-22(15)13-6-7-14(19)20-11-13/h1-7,11,15,21H,8-10H2/t15?,16-/m1/s1. The van der Waals surface area contributed by atoms with Gasteiger partial charge in [-0.3, -0.25) is 5.32 Å². The molecule has 1 fully saturated rings. The van der Waals surface area contributed by atoms with E-state index in [0.717, 1.165) is 11.3 Å². The van der Waals surface area contributed by atoms with Crippen LogP contribution in [0.2, 0.25) is 0 Å². The van der Waals surface area contributed by atoms with Gasteiger partial charge in [-0.15, -0.1) is 0 Å². The second-order valence-corrected chi connectivity index (χ2v) is 6.41. The van der Waals surface area contributed by atoms with Crippen molar-refractivity contribution in [1.82, 2.24) is 10.3 Å². The molecule has 3 rings (SSSR count). The van der Waals surface area contributed by atoms with Crippen LogP contribution in [-0.4, -0.2) is 22.0 Å². The lowest BCUT2D eigenvalue weighted by atomic mass is 10.2. The number of aromatic nitrogens is 1. The summed E-state index contributed by atoms with van der Waals surface area (Å²) in [7, 11) is 0. The van der Waals surface area contributed by atoms with Crippen molar-refractivity contribution >= 4 is 28.9 Å². The van der Waals surface area contributed by atoms with Crippen LogP contribution >= 0.6 is 23.2 Å². The molecule has 2 heterocycles. The topological polar surface area (TPSA) is 28.2 Å². The van der Waals surface area contributed by atoms with Crippen LogP contribution in [0.4, 0.5) is 10.1 Å². The Morgan fingerprint density at radius 1 is 1.27 bits per heavy atom. The molecule has 2 aromatic rings. The third-order valence-electron chi connectivity index (χ3n) is 3.84. The first kappa shape index (κ1) is 15.5. The van der Waals surface area contributed by atoms with Crippen molar-refractivity contribution in [2.75, 3.05) is 11.4 Å². The van der Waals surface area contributed by atoms with Gasteiger partial charge in [-0.25, -0.2) is 4.98 Å². The van der Waals surface area contributed by atoms with Crippen molar-refractivity contribution < 1.29 is 4.39 Å². The van der Waals surface area contributed by atoms with Gasteiger partial charge in [0, 0.05) is 19.5 Å². The summed E-state index contributed by atoms with van der Waals surface area (Å²) in [6, 6.07) is 13.0. The minimum Gasteiger partial charge on any atom is -0.351 e. The van der Waals surface area contributed by atoms with E-state index in [0.29, 0.717) is 19.5 Å². The molecule has 1 saturated heterocycles. The maximum absolute atomic E-state index is 12.9. The van der Waals surface area contributed by atoms with E-state index in [2.05, 4.69) is 10.3 Å². The number of nitrogens with one attached hydrogen (secondary N) is 1. The van der Waals surface area contributed by atoms with Gasteiger partial charge in [0.05, 0.1) is 11.9 Å². The fraction of sp³-hybridized carbons (Fsp3) is 0.312. The highest BCUT2D eigenvalue weighted by Crippen LogP contribution is 2.38. The molecule has 0 bridgehead atoms. The molecule has 0 amide bonds. The van der Waals surface area contributed by atoms with E-state index in [4.69, 9.17) is 23.2 Å². The number of pyridine rings is 1.